The van der Waals surface area contributed by atoms with Crippen molar-refractivity contribution < 1.29 is 13.2 Å². The maximum absolute atomic E-state index is 12.6. The minimum absolute atomic E-state index is 0.0145. The first-order valence-corrected chi connectivity index (χ1v) is 12.1. The first-order chi connectivity index (χ1) is 15.0. The number of benzene rings is 1. The normalized spacial score (nSPS) is 12.1. The van der Waals surface area contributed by atoms with Gasteiger partial charge in [0.1, 0.15) is 11.6 Å². The quantitative estimate of drug-likeness (QED) is 0.431. The van der Waals surface area contributed by atoms with Crippen LogP contribution in [0.15, 0.2) is 41.1 Å². The first-order valence-electron chi connectivity index (χ1n) is 9.81. The van der Waals surface area contributed by atoms with Crippen molar-refractivity contribution in [3.63, 3.8) is 0 Å². The van der Waals surface area contributed by atoms with Gasteiger partial charge in [0.05, 0.1) is 5.25 Å². The van der Waals surface area contributed by atoms with Crippen LogP contribution in [0, 0.1) is 32.1 Å². The van der Waals surface area contributed by atoms with Crippen LogP contribution in [0.4, 0.5) is 5.13 Å². The summed E-state index contributed by atoms with van der Waals surface area (Å²) in [5.74, 6) is -0.683. The van der Waals surface area contributed by atoms with Gasteiger partial charge in [-0.15, -0.1) is 0 Å². The molecule has 2 heterocycles. The number of aromatic nitrogens is 3. The number of carbonyl (C=O) groups excluding carboxylic acids is 1. The molecule has 3 rings (SSSR count). The van der Waals surface area contributed by atoms with Crippen LogP contribution in [-0.4, -0.2) is 33.5 Å². The van der Waals surface area contributed by atoms with Crippen LogP contribution in [0.25, 0.3) is 11.8 Å². The zero-order valence-corrected chi connectivity index (χ0v) is 20.0. The number of aryl methyl sites for hydroxylation is 2. The summed E-state index contributed by atoms with van der Waals surface area (Å²) in [5.41, 5.74) is 4.57. The second-order valence-electron chi connectivity index (χ2n) is 7.60. The van der Waals surface area contributed by atoms with E-state index in [0.717, 1.165) is 39.7 Å². The molecule has 0 aliphatic rings. The summed E-state index contributed by atoms with van der Waals surface area (Å²) < 4.78 is 30.2. The molecule has 166 valence electrons. The molecule has 0 unspecified atom stereocenters. The summed E-state index contributed by atoms with van der Waals surface area (Å²) in [6.45, 7) is 8.94. The highest BCUT2D eigenvalue weighted by molar-refractivity contribution is 7.91. The lowest BCUT2D eigenvalue weighted by Gasteiger charge is -2.10. The van der Waals surface area contributed by atoms with Gasteiger partial charge in [-0.1, -0.05) is 12.1 Å². The molecule has 32 heavy (non-hydrogen) atoms. The molecule has 0 bridgehead atoms. The molecule has 0 saturated carbocycles. The van der Waals surface area contributed by atoms with Crippen LogP contribution in [0.5, 0.6) is 0 Å². The van der Waals surface area contributed by atoms with Crippen molar-refractivity contribution in [1.29, 1.82) is 5.26 Å². The lowest BCUT2D eigenvalue weighted by Crippen LogP contribution is -2.16. The third-order valence-electron chi connectivity index (χ3n) is 4.90. The van der Waals surface area contributed by atoms with E-state index in [1.807, 2.05) is 51.1 Å². The van der Waals surface area contributed by atoms with Crippen LogP contribution >= 0.6 is 11.5 Å². The van der Waals surface area contributed by atoms with Gasteiger partial charge in [0.15, 0.2) is 0 Å². The van der Waals surface area contributed by atoms with E-state index in [4.69, 9.17) is 0 Å². The number of sulfone groups is 1. The van der Waals surface area contributed by atoms with Gasteiger partial charge in [-0.25, -0.2) is 8.42 Å². The number of anilines is 1. The Morgan fingerprint density at radius 2 is 1.97 bits per heavy atom. The van der Waals surface area contributed by atoms with Crippen LogP contribution in [0.3, 0.4) is 0 Å². The molecule has 2 aromatic heterocycles. The van der Waals surface area contributed by atoms with Crippen LogP contribution in [0.1, 0.15) is 36.4 Å². The minimum atomic E-state index is -3.65. The van der Waals surface area contributed by atoms with Crippen molar-refractivity contribution in [3.05, 3.63) is 58.4 Å². The number of nitrogens with one attached hydrogen (secondary N) is 1. The molecular weight excluding hydrogens is 446 g/mol. The van der Waals surface area contributed by atoms with Crippen LogP contribution in [0.2, 0.25) is 0 Å². The summed E-state index contributed by atoms with van der Waals surface area (Å²) in [4.78, 5) is 16.5. The number of nitrogens with zero attached hydrogens (tertiary/aromatic N) is 4. The molecule has 8 nitrogen and oxygen atoms in total. The van der Waals surface area contributed by atoms with Gasteiger partial charge in [-0.05, 0) is 70.0 Å². The predicted octanol–water partition coefficient (Wildman–Crippen LogP) is 3.98. The standard InChI is InChI=1S/C22H23N5O3S2/c1-13(2)32(29,30)22-25-21(31-26-22)24-20(28)18(12-23)11-17-10-15(4)27(16(17)5)19-8-6-7-14(3)9-19/h6-11,13H,1-5H3,(H,24,25,26,28)/b18-11-. The second-order valence-corrected chi connectivity index (χ2v) is 10.8. The monoisotopic (exact) mass is 469 g/mol. The zero-order chi connectivity index (χ0) is 23.6. The lowest BCUT2D eigenvalue weighted by molar-refractivity contribution is -0.112. The lowest BCUT2D eigenvalue weighted by atomic mass is 10.1. The second kappa shape index (κ2) is 9.06. The fraction of sp³-hybridized carbons (Fsp3) is 0.273. The van der Waals surface area contributed by atoms with Gasteiger partial charge >= 0.3 is 0 Å². The van der Waals surface area contributed by atoms with E-state index in [-0.39, 0.29) is 15.9 Å². The van der Waals surface area contributed by atoms with E-state index in [2.05, 4.69) is 25.3 Å². The number of nitriles is 1. The first kappa shape index (κ1) is 23.4. The van der Waals surface area contributed by atoms with E-state index in [9.17, 15) is 18.5 Å². The Hall–Kier alpha value is -3.29. The molecule has 0 radical (unpaired) electrons. The van der Waals surface area contributed by atoms with Gasteiger partial charge in [0.25, 0.3) is 11.1 Å². The van der Waals surface area contributed by atoms with E-state index in [1.165, 1.54) is 19.9 Å². The minimum Gasteiger partial charge on any atom is -0.318 e. The molecule has 0 aliphatic carbocycles. The third-order valence-corrected chi connectivity index (χ3v) is 7.58. The summed E-state index contributed by atoms with van der Waals surface area (Å²) in [6.07, 6.45) is 1.51. The average Bonchev–Trinajstić information content (AvgIpc) is 3.30. The fourth-order valence-electron chi connectivity index (χ4n) is 3.15. The molecular formula is C22H23N5O3S2. The maximum atomic E-state index is 12.6. The molecule has 0 saturated heterocycles. The van der Waals surface area contributed by atoms with Crippen molar-refractivity contribution in [2.24, 2.45) is 0 Å². The number of carbonyl (C=O) groups is 1. The SMILES string of the molecule is Cc1cccc(-n2c(C)cc(/C=C(/C#N)C(=O)Nc3nc(S(=O)(=O)C(C)C)ns3)c2C)c1. The molecule has 1 amide bonds. The summed E-state index contributed by atoms with van der Waals surface area (Å²) in [5, 5.41) is 11.0. The molecule has 0 atom stereocenters. The smallest absolute Gasteiger partial charge is 0.268 e. The largest absolute Gasteiger partial charge is 0.318 e. The Morgan fingerprint density at radius 1 is 1.25 bits per heavy atom. The molecule has 0 fully saturated rings. The average molecular weight is 470 g/mol. The van der Waals surface area contributed by atoms with Crippen molar-refractivity contribution in [3.8, 4) is 11.8 Å². The fourth-order valence-corrected chi connectivity index (χ4v) is 4.85. The number of rotatable bonds is 6. The molecule has 3 aromatic rings. The van der Waals surface area contributed by atoms with Crippen molar-refractivity contribution in [1.82, 2.24) is 13.9 Å². The van der Waals surface area contributed by atoms with Gasteiger partial charge in [0, 0.05) is 28.6 Å². The third kappa shape index (κ3) is 4.64. The summed E-state index contributed by atoms with van der Waals surface area (Å²) >= 11 is 0.752. The van der Waals surface area contributed by atoms with Crippen LogP contribution in [-0.2, 0) is 14.6 Å². The Bertz CT molecular complexity index is 1360. The van der Waals surface area contributed by atoms with Gasteiger partial charge in [-0.2, -0.15) is 14.6 Å². The van der Waals surface area contributed by atoms with Crippen molar-refractivity contribution in [2.45, 2.75) is 45.0 Å². The van der Waals surface area contributed by atoms with Crippen LogP contribution < -0.4 is 5.32 Å². The van der Waals surface area contributed by atoms with Crippen molar-refractivity contribution in [2.75, 3.05) is 5.32 Å². The van der Waals surface area contributed by atoms with Gasteiger partial charge in [-0.3, -0.25) is 10.1 Å². The number of hydrogen-bond donors (Lipinski definition) is 1. The summed E-state index contributed by atoms with van der Waals surface area (Å²) in [7, 11) is -3.65. The number of amides is 1. The molecule has 10 heteroatoms. The molecule has 1 N–H and O–H groups in total. The molecule has 1 aromatic carbocycles. The topological polar surface area (TPSA) is 118 Å². The Balaban J connectivity index is 1.89. The van der Waals surface area contributed by atoms with E-state index in [0.29, 0.717) is 0 Å². The summed E-state index contributed by atoms with van der Waals surface area (Å²) in [6, 6.07) is 11.9. The highest BCUT2D eigenvalue weighted by Gasteiger charge is 2.25. The zero-order valence-electron chi connectivity index (χ0n) is 18.4. The highest BCUT2D eigenvalue weighted by Crippen LogP contribution is 2.24. The molecule has 0 spiro atoms. The van der Waals surface area contributed by atoms with Crippen molar-refractivity contribution >= 4 is 38.5 Å². The predicted molar refractivity (Wildman–Crippen MR) is 124 cm³/mol. The molecule has 0 aliphatic heterocycles. The van der Waals surface area contributed by atoms with Gasteiger partial charge in [0.2, 0.25) is 15.0 Å². The van der Waals surface area contributed by atoms with E-state index in [1.54, 1.807) is 0 Å². The number of hydrogen-bond acceptors (Lipinski definition) is 7. The Kier molecular flexibility index (Phi) is 6.62. The highest BCUT2D eigenvalue weighted by atomic mass is 32.2. The maximum Gasteiger partial charge on any atom is 0.268 e. The van der Waals surface area contributed by atoms with E-state index < -0.39 is 21.0 Å². The Morgan fingerprint density at radius 3 is 2.59 bits per heavy atom. The Labute approximate surface area is 191 Å². The van der Waals surface area contributed by atoms with Gasteiger partial charge < -0.3 is 4.57 Å². The van der Waals surface area contributed by atoms with E-state index >= 15 is 0 Å².